The topological polar surface area (TPSA) is 114 Å². The van der Waals surface area contributed by atoms with Crippen LogP contribution in [-0.4, -0.2) is 29.4 Å². The Morgan fingerprint density at radius 2 is 2.35 bits per heavy atom. The Hall–Kier alpha value is -2.64. The molecule has 1 aromatic rings. The second kappa shape index (κ2) is 5.45. The van der Waals surface area contributed by atoms with Crippen molar-refractivity contribution in [2.24, 2.45) is 5.10 Å². The lowest BCUT2D eigenvalue weighted by atomic mass is 10.2. The zero-order valence-corrected chi connectivity index (χ0v) is 8.78. The minimum Gasteiger partial charge on any atom is -0.502 e. The number of nitro benzene ring substituents is 1. The lowest BCUT2D eigenvalue weighted by molar-refractivity contribution is -0.385. The molecule has 0 saturated carbocycles. The number of hydrogen-bond acceptors (Lipinski definition) is 6. The fourth-order valence-corrected chi connectivity index (χ4v) is 1.00. The third-order valence-corrected chi connectivity index (χ3v) is 1.79. The summed E-state index contributed by atoms with van der Waals surface area (Å²) in [4.78, 5) is 20.4. The summed E-state index contributed by atoms with van der Waals surface area (Å²) in [5.41, 5.74) is 1.65. The number of nitro groups is 1. The van der Waals surface area contributed by atoms with Crippen LogP contribution in [0.25, 0.3) is 0 Å². The summed E-state index contributed by atoms with van der Waals surface area (Å²) in [5.74, 6) is -0.520. The normalized spacial score (nSPS) is 10.2. The van der Waals surface area contributed by atoms with Crippen molar-refractivity contribution in [3.8, 4) is 5.75 Å². The maximum atomic E-state index is 10.6. The SMILES string of the molecule is COC(=O)N/N=C\c1cccc([N+](=O)[O-])c1O. The van der Waals surface area contributed by atoms with E-state index in [1.165, 1.54) is 12.1 Å². The molecule has 17 heavy (non-hydrogen) atoms. The molecule has 0 aliphatic carbocycles. The number of phenols is 1. The largest absolute Gasteiger partial charge is 0.502 e. The van der Waals surface area contributed by atoms with Gasteiger partial charge in [-0.15, -0.1) is 0 Å². The number of nitrogens with one attached hydrogen (secondary N) is 1. The van der Waals surface area contributed by atoms with Crippen LogP contribution in [0.5, 0.6) is 5.75 Å². The number of phenolic OH excluding ortho intramolecular Hbond substituents is 1. The number of carbonyl (C=O) groups excluding carboxylic acids is 1. The predicted molar refractivity (Wildman–Crippen MR) is 57.9 cm³/mol. The number of para-hydroxylation sites is 1. The van der Waals surface area contributed by atoms with E-state index in [-0.39, 0.29) is 5.56 Å². The molecule has 0 heterocycles. The van der Waals surface area contributed by atoms with Crippen molar-refractivity contribution in [3.63, 3.8) is 0 Å². The van der Waals surface area contributed by atoms with Gasteiger partial charge in [-0.3, -0.25) is 10.1 Å². The highest BCUT2D eigenvalue weighted by Crippen LogP contribution is 2.27. The van der Waals surface area contributed by atoms with Gasteiger partial charge < -0.3 is 9.84 Å². The molecule has 0 radical (unpaired) electrons. The number of carbonyl (C=O) groups is 1. The van der Waals surface area contributed by atoms with Gasteiger partial charge in [-0.1, -0.05) is 6.07 Å². The quantitative estimate of drug-likeness (QED) is 0.463. The molecule has 0 spiro atoms. The van der Waals surface area contributed by atoms with Crippen LogP contribution in [-0.2, 0) is 4.74 Å². The lowest BCUT2D eigenvalue weighted by Gasteiger charge is -1.99. The molecule has 1 aromatic carbocycles. The van der Waals surface area contributed by atoms with E-state index in [0.717, 1.165) is 19.4 Å². The van der Waals surface area contributed by atoms with Crippen molar-refractivity contribution in [1.29, 1.82) is 0 Å². The van der Waals surface area contributed by atoms with Gasteiger partial charge in [-0.2, -0.15) is 5.10 Å². The monoisotopic (exact) mass is 239 g/mol. The number of hydrogen-bond donors (Lipinski definition) is 2. The lowest BCUT2D eigenvalue weighted by Crippen LogP contribution is -2.16. The summed E-state index contributed by atoms with van der Waals surface area (Å²) >= 11 is 0. The highest BCUT2D eigenvalue weighted by molar-refractivity contribution is 5.86. The number of rotatable bonds is 3. The van der Waals surface area contributed by atoms with E-state index in [0.29, 0.717) is 0 Å². The van der Waals surface area contributed by atoms with Gasteiger partial charge in [-0.05, 0) is 6.07 Å². The number of amides is 1. The molecule has 8 heteroatoms. The molecule has 0 atom stereocenters. The van der Waals surface area contributed by atoms with Crippen LogP contribution in [0.4, 0.5) is 10.5 Å². The maximum Gasteiger partial charge on any atom is 0.427 e. The van der Waals surface area contributed by atoms with Crippen molar-refractivity contribution < 1.29 is 19.6 Å². The van der Waals surface area contributed by atoms with Gasteiger partial charge in [0.05, 0.1) is 18.2 Å². The standard InChI is InChI=1S/C9H9N3O5/c1-17-9(14)11-10-5-6-3-2-4-7(8(6)13)12(15)16/h2-5,13H,1H3,(H,11,14)/b10-5-. The second-order valence-corrected chi connectivity index (χ2v) is 2.83. The van der Waals surface area contributed by atoms with Crippen LogP contribution in [0.15, 0.2) is 23.3 Å². The average Bonchev–Trinajstić information content (AvgIpc) is 2.30. The van der Waals surface area contributed by atoms with Crippen molar-refractivity contribution >= 4 is 18.0 Å². The first kappa shape index (κ1) is 12.4. The zero-order chi connectivity index (χ0) is 12.8. The molecule has 0 unspecified atom stereocenters. The zero-order valence-electron chi connectivity index (χ0n) is 8.78. The summed E-state index contributed by atoms with van der Waals surface area (Å²) in [7, 11) is 1.16. The van der Waals surface area contributed by atoms with E-state index in [9.17, 15) is 20.0 Å². The van der Waals surface area contributed by atoms with Gasteiger partial charge in [0.1, 0.15) is 0 Å². The average molecular weight is 239 g/mol. The molecule has 0 aliphatic heterocycles. The third-order valence-electron chi connectivity index (χ3n) is 1.79. The Morgan fingerprint density at radius 1 is 1.65 bits per heavy atom. The minimum absolute atomic E-state index is 0.107. The first-order valence-electron chi connectivity index (χ1n) is 4.39. The second-order valence-electron chi connectivity index (χ2n) is 2.83. The Balaban J connectivity index is 2.89. The van der Waals surface area contributed by atoms with Gasteiger partial charge in [-0.25, -0.2) is 10.2 Å². The molecular formula is C9H9N3O5. The van der Waals surface area contributed by atoms with Gasteiger partial charge in [0.2, 0.25) is 5.75 Å². The number of benzene rings is 1. The van der Waals surface area contributed by atoms with Crippen LogP contribution in [0.2, 0.25) is 0 Å². The van der Waals surface area contributed by atoms with Crippen molar-refractivity contribution in [1.82, 2.24) is 5.43 Å². The molecule has 0 aromatic heterocycles. The fourth-order valence-electron chi connectivity index (χ4n) is 1.00. The van der Waals surface area contributed by atoms with Gasteiger partial charge in [0, 0.05) is 11.6 Å². The maximum absolute atomic E-state index is 10.6. The van der Waals surface area contributed by atoms with Crippen LogP contribution in [0, 0.1) is 10.1 Å². The molecule has 0 saturated heterocycles. The van der Waals surface area contributed by atoms with Crippen molar-refractivity contribution in [3.05, 3.63) is 33.9 Å². The van der Waals surface area contributed by atoms with Gasteiger partial charge in [0.15, 0.2) is 0 Å². The van der Waals surface area contributed by atoms with E-state index >= 15 is 0 Å². The molecular weight excluding hydrogens is 230 g/mol. The van der Waals surface area contributed by atoms with Crippen LogP contribution in [0.1, 0.15) is 5.56 Å². The molecule has 0 fully saturated rings. The summed E-state index contributed by atoms with van der Waals surface area (Å²) in [6.45, 7) is 0. The van der Waals surface area contributed by atoms with E-state index in [4.69, 9.17) is 0 Å². The summed E-state index contributed by atoms with van der Waals surface area (Å²) in [6, 6.07) is 3.95. The Bertz CT molecular complexity index is 472. The number of ether oxygens (including phenoxy) is 1. The van der Waals surface area contributed by atoms with E-state index in [1.807, 2.05) is 5.43 Å². The first-order chi connectivity index (χ1) is 8.06. The smallest absolute Gasteiger partial charge is 0.427 e. The highest BCUT2D eigenvalue weighted by Gasteiger charge is 2.14. The minimum atomic E-state index is -0.786. The summed E-state index contributed by atoms with van der Waals surface area (Å²) < 4.78 is 4.25. The van der Waals surface area contributed by atoms with Crippen molar-refractivity contribution in [2.75, 3.05) is 7.11 Å². The van der Waals surface area contributed by atoms with Crippen molar-refractivity contribution in [2.45, 2.75) is 0 Å². The van der Waals surface area contributed by atoms with Crippen LogP contribution < -0.4 is 5.43 Å². The summed E-state index contributed by atoms with van der Waals surface area (Å²) in [6.07, 6.45) is 0.283. The van der Waals surface area contributed by atoms with Gasteiger partial charge >= 0.3 is 11.8 Å². The number of nitrogens with zero attached hydrogens (tertiary/aromatic N) is 2. The third kappa shape index (κ3) is 3.16. The van der Waals surface area contributed by atoms with E-state index < -0.39 is 22.5 Å². The molecule has 2 N–H and O–H groups in total. The predicted octanol–water partition coefficient (Wildman–Crippen LogP) is 0.990. The molecule has 90 valence electrons. The number of methoxy groups -OCH3 is 1. The Labute approximate surface area is 95.7 Å². The Morgan fingerprint density at radius 3 is 2.94 bits per heavy atom. The fraction of sp³-hybridized carbons (Fsp3) is 0.111. The van der Waals surface area contributed by atoms with E-state index in [1.54, 1.807) is 0 Å². The van der Waals surface area contributed by atoms with Crippen LogP contribution in [0.3, 0.4) is 0 Å². The molecule has 1 rings (SSSR count). The molecule has 0 aliphatic rings. The molecule has 8 nitrogen and oxygen atoms in total. The highest BCUT2D eigenvalue weighted by atomic mass is 16.6. The first-order valence-corrected chi connectivity index (χ1v) is 4.39. The molecule has 1 amide bonds. The number of hydrazone groups is 1. The van der Waals surface area contributed by atoms with Gasteiger partial charge in [0.25, 0.3) is 0 Å². The van der Waals surface area contributed by atoms with E-state index in [2.05, 4.69) is 9.84 Å². The Kier molecular flexibility index (Phi) is 3.98. The molecule has 0 bridgehead atoms. The van der Waals surface area contributed by atoms with Crippen LogP contribution >= 0.6 is 0 Å². The summed E-state index contributed by atoms with van der Waals surface area (Å²) in [5, 5.41) is 23.5. The number of aromatic hydroxyl groups is 1.